The Labute approximate surface area is 147 Å². The number of nitro groups is 1. The number of phenols is 1. The first-order valence-corrected chi connectivity index (χ1v) is 7.43. The summed E-state index contributed by atoms with van der Waals surface area (Å²) in [6, 6.07) is 8.74. The lowest BCUT2D eigenvalue weighted by atomic mass is 10.2. The number of benzene rings is 2. The van der Waals surface area contributed by atoms with Gasteiger partial charge in [0, 0.05) is 16.7 Å². The highest BCUT2D eigenvalue weighted by atomic mass is 35.5. The molecule has 0 saturated heterocycles. The summed E-state index contributed by atoms with van der Waals surface area (Å²) in [5.74, 6) is -0.454. The molecule has 9 heteroatoms. The highest BCUT2D eigenvalue weighted by Crippen LogP contribution is 2.25. The summed E-state index contributed by atoms with van der Waals surface area (Å²) in [7, 11) is 0. The van der Waals surface area contributed by atoms with E-state index in [9.17, 15) is 20.0 Å². The fourth-order valence-electron chi connectivity index (χ4n) is 1.83. The first kappa shape index (κ1) is 18.2. The molecule has 25 heavy (non-hydrogen) atoms. The molecule has 0 atom stereocenters. The van der Waals surface area contributed by atoms with Crippen molar-refractivity contribution in [1.29, 1.82) is 0 Å². The summed E-state index contributed by atoms with van der Waals surface area (Å²) in [6.45, 7) is 1.56. The molecule has 2 N–H and O–H groups in total. The van der Waals surface area contributed by atoms with Gasteiger partial charge in [-0.05, 0) is 42.8 Å². The Morgan fingerprint density at radius 3 is 2.84 bits per heavy atom. The maximum atomic E-state index is 11.7. The van der Waals surface area contributed by atoms with Gasteiger partial charge in [-0.25, -0.2) is 5.43 Å². The molecule has 0 aliphatic rings. The van der Waals surface area contributed by atoms with Crippen LogP contribution in [-0.2, 0) is 4.79 Å². The number of amides is 1. The number of nitrogens with zero attached hydrogens (tertiary/aromatic N) is 2. The van der Waals surface area contributed by atoms with Crippen molar-refractivity contribution in [2.75, 3.05) is 6.61 Å². The lowest BCUT2D eigenvalue weighted by Gasteiger charge is -2.06. The van der Waals surface area contributed by atoms with E-state index in [1.165, 1.54) is 18.3 Å². The summed E-state index contributed by atoms with van der Waals surface area (Å²) in [5.41, 5.74) is 2.96. The zero-order valence-corrected chi connectivity index (χ0v) is 13.9. The third-order valence-electron chi connectivity index (χ3n) is 3.10. The molecule has 0 spiro atoms. The standard InChI is InChI=1S/C16H14ClN3O5/c1-10-6-12(3-4-13(10)17)25-9-16(22)19-18-8-11-2-5-15(21)14(7-11)20(23)24/h2-8,21H,9H2,1H3,(H,19,22)/b18-8-. The van der Waals surface area contributed by atoms with Gasteiger partial charge in [-0.1, -0.05) is 11.6 Å². The number of aryl methyl sites for hydroxylation is 1. The maximum Gasteiger partial charge on any atom is 0.311 e. The van der Waals surface area contributed by atoms with Crippen LogP contribution in [0.25, 0.3) is 0 Å². The lowest BCUT2D eigenvalue weighted by Crippen LogP contribution is -2.24. The van der Waals surface area contributed by atoms with E-state index in [1.807, 2.05) is 6.92 Å². The molecule has 0 heterocycles. The molecule has 2 aromatic carbocycles. The Kier molecular flexibility index (Phi) is 5.91. The van der Waals surface area contributed by atoms with E-state index < -0.39 is 22.3 Å². The van der Waals surface area contributed by atoms with Crippen molar-refractivity contribution in [3.63, 3.8) is 0 Å². The van der Waals surface area contributed by atoms with Crippen LogP contribution in [-0.4, -0.2) is 28.8 Å². The average molecular weight is 364 g/mol. The molecule has 0 aliphatic heterocycles. The SMILES string of the molecule is Cc1cc(OCC(=O)N/N=C\c2ccc(O)c([N+](=O)[O-])c2)ccc1Cl. The third kappa shape index (κ3) is 5.18. The molecule has 0 aliphatic carbocycles. The van der Waals surface area contributed by atoms with Crippen molar-refractivity contribution in [2.45, 2.75) is 6.92 Å². The van der Waals surface area contributed by atoms with Crippen molar-refractivity contribution in [3.8, 4) is 11.5 Å². The van der Waals surface area contributed by atoms with Gasteiger partial charge in [0.2, 0.25) is 0 Å². The fraction of sp³-hybridized carbons (Fsp3) is 0.125. The predicted octanol–water partition coefficient (Wildman–Crippen LogP) is 2.79. The Morgan fingerprint density at radius 2 is 2.16 bits per heavy atom. The van der Waals surface area contributed by atoms with Crippen LogP contribution < -0.4 is 10.2 Å². The number of nitrogens with one attached hydrogen (secondary N) is 1. The van der Waals surface area contributed by atoms with Crippen LogP contribution >= 0.6 is 11.6 Å². The number of hydrazone groups is 1. The zero-order chi connectivity index (χ0) is 18.4. The number of ether oxygens (including phenoxy) is 1. The highest BCUT2D eigenvalue weighted by molar-refractivity contribution is 6.31. The molecule has 8 nitrogen and oxygen atoms in total. The number of aromatic hydroxyl groups is 1. The molecular weight excluding hydrogens is 350 g/mol. The number of halogens is 1. The minimum absolute atomic E-state index is 0.256. The Balaban J connectivity index is 1.89. The van der Waals surface area contributed by atoms with Gasteiger partial charge >= 0.3 is 5.69 Å². The smallest absolute Gasteiger partial charge is 0.311 e. The Bertz CT molecular complexity index is 839. The highest BCUT2D eigenvalue weighted by Gasteiger charge is 2.12. The van der Waals surface area contributed by atoms with E-state index in [-0.39, 0.29) is 6.61 Å². The number of carbonyl (C=O) groups is 1. The quantitative estimate of drug-likeness (QED) is 0.465. The van der Waals surface area contributed by atoms with Crippen molar-refractivity contribution < 1.29 is 19.6 Å². The Hall–Kier alpha value is -3.13. The summed E-state index contributed by atoms with van der Waals surface area (Å²) in [5, 5.41) is 24.4. The van der Waals surface area contributed by atoms with Gasteiger partial charge in [-0.15, -0.1) is 0 Å². The van der Waals surface area contributed by atoms with Crippen LogP contribution in [0.3, 0.4) is 0 Å². The van der Waals surface area contributed by atoms with E-state index in [1.54, 1.807) is 18.2 Å². The molecule has 0 bridgehead atoms. The van der Waals surface area contributed by atoms with E-state index in [2.05, 4.69) is 10.5 Å². The summed E-state index contributed by atoms with van der Waals surface area (Å²) >= 11 is 5.90. The van der Waals surface area contributed by atoms with Crippen molar-refractivity contribution >= 4 is 29.4 Å². The van der Waals surface area contributed by atoms with Crippen LogP contribution in [0.1, 0.15) is 11.1 Å². The summed E-state index contributed by atoms with van der Waals surface area (Å²) in [4.78, 5) is 21.7. The Morgan fingerprint density at radius 1 is 1.40 bits per heavy atom. The third-order valence-corrected chi connectivity index (χ3v) is 3.52. The maximum absolute atomic E-state index is 11.7. The minimum Gasteiger partial charge on any atom is -0.502 e. The van der Waals surface area contributed by atoms with Gasteiger partial charge in [0.25, 0.3) is 5.91 Å². The average Bonchev–Trinajstić information content (AvgIpc) is 2.57. The van der Waals surface area contributed by atoms with Crippen LogP contribution in [0, 0.1) is 17.0 Å². The predicted molar refractivity (Wildman–Crippen MR) is 92.2 cm³/mol. The number of phenolic OH excluding ortho intramolecular Hbond substituents is 1. The molecular formula is C16H14ClN3O5. The monoisotopic (exact) mass is 363 g/mol. The number of carbonyl (C=O) groups excluding carboxylic acids is 1. The topological polar surface area (TPSA) is 114 Å². The number of rotatable bonds is 6. The van der Waals surface area contributed by atoms with E-state index >= 15 is 0 Å². The first-order chi connectivity index (χ1) is 11.9. The second-order valence-corrected chi connectivity index (χ2v) is 5.41. The van der Waals surface area contributed by atoms with Crippen LogP contribution in [0.4, 0.5) is 5.69 Å². The van der Waals surface area contributed by atoms with E-state index in [0.717, 1.165) is 11.6 Å². The van der Waals surface area contributed by atoms with Gasteiger partial charge in [0.15, 0.2) is 12.4 Å². The summed E-state index contributed by atoms with van der Waals surface area (Å²) < 4.78 is 5.31. The lowest BCUT2D eigenvalue weighted by molar-refractivity contribution is -0.385. The molecule has 0 unspecified atom stereocenters. The van der Waals surface area contributed by atoms with E-state index in [0.29, 0.717) is 16.3 Å². The zero-order valence-electron chi connectivity index (χ0n) is 13.1. The molecule has 130 valence electrons. The van der Waals surface area contributed by atoms with Crippen LogP contribution in [0.5, 0.6) is 11.5 Å². The molecule has 0 radical (unpaired) electrons. The second-order valence-electron chi connectivity index (χ2n) is 5.00. The van der Waals surface area contributed by atoms with Crippen molar-refractivity contribution in [3.05, 3.63) is 62.7 Å². The van der Waals surface area contributed by atoms with Gasteiger partial charge in [-0.2, -0.15) is 5.10 Å². The second kappa shape index (κ2) is 8.11. The molecule has 1 amide bonds. The van der Waals surface area contributed by atoms with E-state index in [4.69, 9.17) is 16.3 Å². The largest absolute Gasteiger partial charge is 0.502 e. The molecule has 2 aromatic rings. The normalized spacial score (nSPS) is 10.6. The number of nitro benzene ring substituents is 1. The van der Waals surface area contributed by atoms with Gasteiger partial charge in [-0.3, -0.25) is 14.9 Å². The minimum atomic E-state index is -0.715. The van der Waals surface area contributed by atoms with Crippen LogP contribution in [0.2, 0.25) is 5.02 Å². The van der Waals surface area contributed by atoms with Crippen LogP contribution in [0.15, 0.2) is 41.5 Å². The molecule has 0 saturated carbocycles. The number of hydrogen-bond donors (Lipinski definition) is 2. The molecule has 2 rings (SSSR count). The number of hydrogen-bond acceptors (Lipinski definition) is 6. The summed E-state index contributed by atoms with van der Waals surface area (Å²) in [6.07, 6.45) is 1.22. The van der Waals surface area contributed by atoms with Crippen molar-refractivity contribution in [1.82, 2.24) is 5.43 Å². The van der Waals surface area contributed by atoms with Gasteiger partial charge < -0.3 is 9.84 Å². The van der Waals surface area contributed by atoms with Gasteiger partial charge in [0.1, 0.15) is 5.75 Å². The fourth-order valence-corrected chi connectivity index (χ4v) is 1.95. The molecule has 0 fully saturated rings. The van der Waals surface area contributed by atoms with Crippen molar-refractivity contribution in [2.24, 2.45) is 5.10 Å². The van der Waals surface area contributed by atoms with Gasteiger partial charge in [0.05, 0.1) is 11.1 Å². The first-order valence-electron chi connectivity index (χ1n) is 7.05. The molecule has 0 aromatic heterocycles.